The predicted octanol–water partition coefficient (Wildman–Crippen LogP) is 1.93. The summed E-state index contributed by atoms with van der Waals surface area (Å²) in [6.07, 6.45) is 0. The average molecular weight is 341 g/mol. The molecule has 1 aromatic heterocycles. The minimum absolute atomic E-state index is 0.101. The highest BCUT2D eigenvalue weighted by atomic mass is 32.2. The molecule has 0 spiro atoms. The number of benzene rings is 1. The normalized spacial score (nSPS) is 10.6. The molecule has 122 valence electrons. The molecule has 9 heteroatoms. The standard InChI is InChI=1S/C14H13F2N3O3S/c1-22-6-9-5-12(20)19-14(17-9)23-7-13(21)18-11-3-2-8(15)4-10(11)16/h2-5H,6-7H2,1H3,(H,18,21)(H,17,19,20). The van der Waals surface area contributed by atoms with E-state index in [1.165, 1.54) is 13.2 Å². The van der Waals surface area contributed by atoms with E-state index in [-0.39, 0.29) is 28.8 Å². The van der Waals surface area contributed by atoms with Crippen molar-refractivity contribution < 1.29 is 18.3 Å². The van der Waals surface area contributed by atoms with Crippen LogP contribution in [0.25, 0.3) is 0 Å². The number of ether oxygens (including phenoxy) is 1. The van der Waals surface area contributed by atoms with Crippen molar-refractivity contribution in [1.29, 1.82) is 0 Å². The van der Waals surface area contributed by atoms with Crippen LogP contribution in [0.15, 0.2) is 34.2 Å². The van der Waals surface area contributed by atoms with Crippen molar-refractivity contribution in [3.8, 4) is 0 Å². The maximum Gasteiger partial charge on any atom is 0.251 e. The summed E-state index contributed by atoms with van der Waals surface area (Å²) in [7, 11) is 1.47. The molecule has 6 nitrogen and oxygen atoms in total. The molecule has 23 heavy (non-hydrogen) atoms. The Morgan fingerprint density at radius 2 is 2.17 bits per heavy atom. The Hall–Kier alpha value is -2.26. The second-order valence-corrected chi connectivity index (χ2v) is 5.40. The van der Waals surface area contributed by atoms with E-state index in [1.54, 1.807) is 0 Å². The summed E-state index contributed by atoms with van der Waals surface area (Å²) in [5.41, 5.74) is -0.0464. The number of H-pyrrole nitrogens is 1. The molecule has 0 saturated carbocycles. The Balaban J connectivity index is 1.97. The minimum Gasteiger partial charge on any atom is -0.378 e. The highest BCUT2D eigenvalue weighted by molar-refractivity contribution is 7.99. The number of hydrogen-bond acceptors (Lipinski definition) is 5. The van der Waals surface area contributed by atoms with E-state index in [2.05, 4.69) is 15.3 Å². The maximum atomic E-state index is 13.4. The fraction of sp³-hybridized carbons (Fsp3) is 0.214. The molecule has 2 rings (SSSR count). The van der Waals surface area contributed by atoms with Gasteiger partial charge < -0.3 is 15.0 Å². The van der Waals surface area contributed by atoms with Crippen molar-refractivity contribution in [2.24, 2.45) is 0 Å². The van der Waals surface area contributed by atoms with Crippen molar-refractivity contribution in [1.82, 2.24) is 9.97 Å². The Morgan fingerprint density at radius 1 is 1.39 bits per heavy atom. The molecular formula is C14H13F2N3O3S. The summed E-state index contributed by atoms with van der Waals surface area (Å²) in [4.78, 5) is 29.8. The highest BCUT2D eigenvalue weighted by Gasteiger charge is 2.10. The molecule has 0 unspecified atom stereocenters. The number of anilines is 1. The lowest BCUT2D eigenvalue weighted by Crippen LogP contribution is -2.16. The van der Waals surface area contributed by atoms with Gasteiger partial charge in [-0.25, -0.2) is 13.8 Å². The van der Waals surface area contributed by atoms with E-state index in [4.69, 9.17) is 4.74 Å². The van der Waals surface area contributed by atoms with E-state index >= 15 is 0 Å². The van der Waals surface area contributed by atoms with E-state index < -0.39 is 17.5 Å². The van der Waals surface area contributed by atoms with Crippen LogP contribution in [-0.2, 0) is 16.1 Å². The number of thioether (sulfide) groups is 1. The second kappa shape index (κ2) is 7.84. The van der Waals surface area contributed by atoms with Crippen LogP contribution in [0.2, 0.25) is 0 Å². The zero-order valence-electron chi connectivity index (χ0n) is 12.1. The Labute approximate surface area is 134 Å². The monoisotopic (exact) mass is 341 g/mol. The zero-order chi connectivity index (χ0) is 16.8. The summed E-state index contributed by atoms with van der Waals surface area (Å²) < 4.78 is 31.1. The molecule has 0 fully saturated rings. The number of rotatable bonds is 6. The number of hydrogen-bond donors (Lipinski definition) is 2. The van der Waals surface area contributed by atoms with Crippen molar-refractivity contribution in [3.05, 3.63) is 51.9 Å². The van der Waals surface area contributed by atoms with Crippen molar-refractivity contribution in [2.75, 3.05) is 18.2 Å². The van der Waals surface area contributed by atoms with Crippen molar-refractivity contribution in [3.63, 3.8) is 0 Å². The van der Waals surface area contributed by atoms with Gasteiger partial charge in [-0.2, -0.15) is 0 Å². The van der Waals surface area contributed by atoms with Crippen LogP contribution < -0.4 is 10.9 Å². The van der Waals surface area contributed by atoms with Gasteiger partial charge in [0.25, 0.3) is 5.56 Å². The van der Waals surface area contributed by atoms with Crippen LogP contribution in [0.1, 0.15) is 5.69 Å². The second-order valence-electron chi connectivity index (χ2n) is 4.44. The first-order chi connectivity index (χ1) is 11.0. The van der Waals surface area contributed by atoms with Gasteiger partial charge >= 0.3 is 0 Å². The third-order valence-corrected chi connectivity index (χ3v) is 3.48. The summed E-state index contributed by atoms with van der Waals surface area (Å²) in [5, 5.41) is 2.57. The summed E-state index contributed by atoms with van der Waals surface area (Å²) in [5.74, 6) is -2.21. The van der Waals surface area contributed by atoms with Gasteiger partial charge in [-0.3, -0.25) is 9.59 Å². The first kappa shape index (κ1) is 17.1. The van der Waals surface area contributed by atoms with Gasteiger partial charge in [0.15, 0.2) is 5.16 Å². The number of aromatic amines is 1. The number of carbonyl (C=O) groups is 1. The predicted molar refractivity (Wildman–Crippen MR) is 81.3 cm³/mol. The third-order valence-electron chi connectivity index (χ3n) is 2.61. The van der Waals surface area contributed by atoms with Crippen LogP contribution in [-0.4, -0.2) is 28.7 Å². The first-order valence-electron chi connectivity index (χ1n) is 6.45. The van der Waals surface area contributed by atoms with E-state index in [9.17, 15) is 18.4 Å². The molecule has 1 amide bonds. The lowest BCUT2D eigenvalue weighted by Gasteiger charge is -2.06. The number of halogens is 2. The van der Waals surface area contributed by atoms with Gasteiger partial charge in [0.05, 0.1) is 23.7 Å². The SMILES string of the molecule is COCc1cc(=O)[nH]c(SCC(=O)Nc2ccc(F)cc2F)n1. The van der Waals surface area contributed by atoms with Crippen LogP contribution in [0, 0.1) is 11.6 Å². The molecule has 0 aliphatic rings. The van der Waals surface area contributed by atoms with Gasteiger partial charge in [0.1, 0.15) is 11.6 Å². The number of nitrogens with one attached hydrogen (secondary N) is 2. The van der Waals surface area contributed by atoms with Crippen molar-refractivity contribution >= 4 is 23.4 Å². The van der Waals surface area contributed by atoms with E-state index in [1.807, 2.05) is 0 Å². The molecule has 2 N–H and O–H groups in total. The zero-order valence-corrected chi connectivity index (χ0v) is 12.9. The van der Waals surface area contributed by atoms with E-state index in [0.717, 1.165) is 23.9 Å². The van der Waals surface area contributed by atoms with Gasteiger partial charge in [0, 0.05) is 19.2 Å². The van der Waals surface area contributed by atoms with Crippen molar-refractivity contribution in [2.45, 2.75) is 11.8 Å². The van der Waals surface area contributed by atoms with Gasteiger partial charge in [-0.05, 0) is 12.1 Å². The number of amides is 1. The van der Waals surface area contributed by atoms with Gasteiger partial charge in [-0.1, -0.05) is 11.8 Å². The Morgan fingerprint density at radius 3 is 2.87 bits per heavy atom. The number of carbonyl (C=O) groups excluding carboxylic acids is 1. The Bertz CT molecular complexity index is 767. The fourth-order valence-electron chi connectivity index (χ4n) is 1.68. The number of nitrogens with zero attached hydrogens (tertiary/aromatic N) is 1. The van der Waals surface area contributed by atoms with Crippen LogP contribution in [0.3, 0.4) is 0 Å². The third kappa shape index (κ3) is 5.15. The number of methoxy groups -OCH3 is 1. The lowest BCUT2D eigenvalue weighted by molar-refractivity contribution is -0.113. The molecule has 1 heterocycles. The Kier molecular flexibility index (Phi) is 5.83. The molecule has 0 atom stereocenters. The minimum atomic E-state index is -0.864. The van der Waals surface area contributed by atoms with Crippen LogP contribution >= 0.6 is 11.8 Å². The molecule has 0 saturated heterocycles. The summed E-state index contributed by atoms with van der Waals surface area (Å²) in [6, 6.07) is 4.14. The van der Waals surface area contributed by atoms with Gasteiger partial charge in [-0.15, -0.1) is 0 Å². The fourth-order valence-corrected chi connectivity index (χ4v) is 2.38. The molecule has 2 aromatic rings. The smallest absolute Gasteiger partial charge is 0.251 e. The van der Waals surface area contributed by atoms with Crippen LogP contribution in [0.4, 0.5) is 14.5 Å². The first-order valence-corrected chi connectivity index (χ1v) is 7.43. The molecule has 1 aromatic carbocycles. The van der Waals surface area contributed by atoms with Crippen LogP contribution in [0.5, 0.6) is 0 Å². The molecule has 0 aliphatic carbocycles. The highest BCUT2D eigenvalue weighted by Crippen LogP contribution is 2.17. The van der Waals surface area contributed by atoms with Gasteiger partial charge in [0.2, 0.25) is 5.91 Å². The molecule has 0 radical (unpaired) electrons. The molecule has 0 aliphatic heterocycles. The largest absolute Gasteiger partial charge is 0.378 e. The summed E-state index contributed by atoms with van der Waals surface area (Å²) in [6.45, 7) is 0.171. The molecular weight excluding hydrogens is 328 g/mol. The average Bonchev–Trinajstić information content (AvgIpc) is 2.48. The maximum absolute atomic E-state index is 13.4. The lowest BCUT2D eigenvalue weighted by atomic mass is 10.3. The summed E-state index contributed by atoms with van der Waals surface area (Å²) >= 11 is 0.980. The van der Waals surface area contributed by atoms with E-state index in [0.29, 0.717) is 11.8 Å². The topological polar surface area (TPSA) is 84.1 Å². The number of aromatic nitrogens is 2. The molecule has 0 bridgehead atoms. The quantitative estimate of drug-likeness (QED) is 0.619.